The van der Waals surface area contributed by atoms with Crippen LogP contribution in [0.3, 0.4) is 0 Å². The van der Waals surface area contributed by atoms with Gasteiger partial charge in [-0.3, -0.25) is 0 Å². The number of aromatic nitrogens is 1. The molecule has 0 aliphatic carbocycles. The average molecular weight is 388 g/mol. The van der Waals surface area contributed by atoms with Crippen LogP contribution in [-0.4, -0.2) is 67.1 Å². The van der Waals surface area contributed by atoms with Gasteiger partial charge in [0.2, 0.25) is 0 Å². The number of piperazine rings is 1. The number of aryl methyl sites for hydroxylation is 1. The first-order valence-electron chi connectivity index (χ1n) is 9.54. The second-order valence-corrected chi connectivity index (χ2v) is 7.89. The van der Waals surface area contributed by atoms with E-state index in [-0.39, 0.29) is 6.03 Å². The highest BCUT2D eigenvalue weighted by atomic mass is 32.1. The third-order valence-corrected chi connectivity index (χ3v) is 5.75. The fourth-order valence-electron chi connectivity index (χ4n) is 3.22. The molecule has 1 aromatic carbocycles. The van der Waals surface area contributed by atoms with E-state index in [1.165, 1.54) is 5.56 Å². The highest BCUT2D eigenvalue weighted by molar-refractivity contribution is 7.13. The van der Waals surface area contributed by atoms with E-state index in [0.29, 0.717) is 6.54 Å². The lowest BCUT2D eigenvalue weighted by Crippen LogP contribution is -2.52. The number of anilines is 1. The highest BCUT2D eigenvalue weighted by Gasteiger charge is 2.22. The van der Waals surface area contributed by atoms with Crippen LogP contribution in [0.4, 0.5) is 9.93 Å². The Hall–Kier alpha value is -2.12. The molecule has 1 aliphatic rings. The number of hydrogen-bond acceptors (Lipinski definition) is 5. The van der Waals surface area contributed by atoms with Crippen LogP contribution in [0.15, 0.2) is 35.7 Å². The maximum Gasteiger partial charge on any atom is 0.317 e. The maximum absolute atomic E-state index is 12.4. The van der Waals surface area contributed by atoms with Gasteiger partial charge in [0.25, 0.3) is 0 Å². The summed E-state index contributed by atoms with van der Waals surface area (Å²) >= 11 is 1.68. The summed E-state index contributed by atoms with van der Waals surface area (Å²) < 4.78 is 0. The summed E-state index contributed by atoms with van der Waals surface area (Å²) in [6.07, 6.45) is 0.952. The molecule has 0 spiro atoms. The Kier molecular flexibility index (Phi) is 7.06. The van der Waals surface area contributed by atoms with E-state index in [0.717, 1.165) is 56.5 Å². The minimum absolute atomic E-state index is 0.0516. The minimum Gasteiger partial charge on any atom is -0.345 e. The Morgan fingerprint density at radius 2 is 1.96 bits per heavy atom. The number of thiazole rings is 1. The van der Waals surface area contributed by atoms with Crippen LogP contribution >= 0.6 is 11.3 Å². The van der Waals surface area contributed by atoms with Gasteiger partial charge < -0.3 is 20.0 Å². The number of rotatable bonds is 7. The molecule has 27 heavy (non-hydrogen) atoms. The monoisotopic (exact) mass is 387 g/mol. The van der Waals surface area contributed by atoms with E-state index in [1.54, 1.807) is 11.3 Å². The third-order valence-electron chi connectivity index (χ3n) is 4.73. The summed E-state index contributed by atoms with van der Waals surface area (Å²) in [5.74, 6) is 0. The van der Waals surface area contributed by atoms with Gasteiger partial charge in [0.1, 0.15) is 0 Å². The fraction of sp³-hybridized carbons (Fsp3) is 0.500. The molecule has 1 fully saturated rings. The molecule has 0 saturated carbocycles. The first-order chi connectivity index (χ1) is 13.1. The van der Waals surface area contributed by atoms with Crippen molar-refractivity contribution in [1.29, 1.82) is 0 Å². The summed E-state index contributed by atoms with van der Waals surface area (Å²) in [6, 6.07) is 10.5. The number of nitrogens with zero attached hydrogens (tertiary/aromatic N) is 4. The number of benzene rings is 1. The zero-order valence-electron chi connectivity index (χ0n) is 16.2. The van der Waals surface area contributed by atoms with Crippen molar-refractivity contribution in [2.24, 2.45) is 0 Å². The zero-order valence-corrected chi connectivity index (χ0v) is 17.0. The van der Waals surface area contributed by atoms with Crippen LogP contribution in [0.25, 0.3) is 0 Å². The van der Waals surface area contributed by atoms with Crippen molar-refractivity contribution < 1.29 is 4.79 Å². The molecule has 1 N–H and O–H groups in total. The predicted molar refractivity (Wildman–Crippen MR) is 111 cm³/mol. The molecule has 1 saturated heterocycles. The first kappa shape index (κ1) is 19.6. The molecule has 6 nitrogen and oxygen atoms in total. The number of nitrogens with one attached hydrogen (secondary N) is 1. The van der Waals surface area contributed by atoms with Crippen LogP contribution in [0.5, 0.6) is 0 Å². The Labute approximate surface area is 165 Å². The van der Waals surface area contributed by atoms with E-state index in [9.17, 15) is 4.79 Å². The van der Waals surface area contributed by atoms with E-state index in [4.69, 9.17) is 0 Å². The molecule has 3 rings (SSSR count). The molecule has 0 unspecified atom stereocenters. The van der Waals surface area contributed by atoms with Crippen molar-refractivity contribution in [3.8, 4) is 0 Å². The van der Waals surface area contributed by atoms with Gasteiger partial charge in [-0.2, -0.15) is 0 Å². The van der Waals surface area contributed by atoms with Gasteiger partial charge in [-0.25, -0.2) is 9.78 Å². The molecular weight excluding hydrogens is 358 g/mol. The predicted octanol–water partition coefficient (Wildman–Crippen LogP) is 2.81. The smallest absolute Gasteiger partial charge is 0.317 e. The van der Waals surface area contributed by atoms with E-state index < -0.39 is 0 Å². The fourth-order valence-corrected chi connectivity index (χ4v) is 4.07. The van der Waals surface area contributed by atoms with Gasteiger partial charge in [-0.15, -0.1) is 11.3 Å². The molecule has 0 bridgehead atoms. The topological polar surface area (TPSA) is 51.7 Å². The van der Waals surface area contributed by atoms with Crippen LogP contribution < -0.4 is 10.2 Å². The summed E-state index contributed by atoms with van der Waals surface area (Å²) in [4.78, 5) is 23.3. The lowest BCUT2D eigenvalue weighted by Gasteiger charge is -2.34. The van der Waals surface area contributed by atoms with Gasteiger partial charge in [0.15, 0.2) is 5.13 Å². The van der Waals surface area contributed by atoms with Crippen LogP contribution in [0.2, 0.25) is 0 Å². The Morgan fingerprint density at radius 3 is 2.63 bits per heavy atom. The number of carbonyl (C=O) groups excluding carboxylic acids is 1. The Bertz CT molecular complexity index is 712. The maximum atomic E-state index is 12.4. The summed E-state index contributed by atoms with van der Waals surface area (Å²) in [6.45, 7) is 7.82. The second-order valence-electron chi connectivity index (χ2n) is 7.05. The molecule has 2 amide bonds. The molecule has 0 atom stereocenters. The van der Waals surface area contributed by atoms with Crippen molar-refractivity contribution in [3.63, 3.8) is 0 Å². The largest absolute Gasteiger partial charge is 0.345 e. The molecule has 0 radical (unpaired) electrons. The average Bonchev–Trinajstić information content (AvgIpc) is 3.12. The Morgan fingerprint density at radius 1 is 1.22 bits per heavy atom. The van der Waals surface area contributed by atoms with Crippen LogP contribution in [0, 0.1) is 6.92 Å². The standard InChI is InChI=1S/C20H29N5OS/c1-17-16-27-20(22-17)25-13-11-24(12-14-25)19(26)21-9-6-10-23(2)15-18-7-4-3-5-8-18/h3-5,7-8,16H,6,9-15H2,1-2H3,(H,21,26). The van der Waals surface area contributed by atoms with Crippen LogP contribution in [-0.2, 0) is 6.54 Å². The number of urea groups is 1. The molecule has 2 heterocycles. The molecule has 146 valence electrons. The molecule has 1 aromatic heterocycles. The van der Waals surface area contributed by atoms with Crippen molar-refractivity contribution in [3.05, 3.63) is 47.0 Å². The van der Waals surface area contributed by atoms with E-state index >= 15 is 0 Å². The Balaban J connectivity index is 1.31. The summed E-state index contributed by atoms with van der Waals surface area (Å²) in [5.41, 5.74) is 2.38. The van der Waals surface area contributed by atoms with Gasteiger partial charge in [-0.1, -0.05) is 30.3 Å². The van der Waals surface area contributed by atoms with Crippen molar-refractivity contribution in [2.45, 2.75) is 19.9 Å². The van der Waals surface area contributed by atoms with Gasteiger partial charge in [-0.05, 0) is 32.5 Å². The number of carbonyl (C=O) groups is 1. The van der Waals surface area contributed by atoms with E-state index in [2.05, 4.69) is 56.8 Å². The van der Waals surface area contributed by atoms with E-state index in [1.807, 2.05) is 17.9 Å². The normalized spacial score (nSPS) is 14.6. The summed E-state index contributed by atoms with van der Waals surface area (Å²) in [5, 5.41) is 6.20. The van der Waals surface area contributed by atoms with Gasteiger partial charge in [0, 0.05) is 44.6 Å². The lowest BCUT2D eigenvalue weighted by molar-refractivity contribution is 0.193. The third kappa shape index (κ3) is 5.94. The quantitative estimate of drug-likeness (QED) is 0.743. The first-order valence-corrected chi connectivity index (χ1v) is 10.4. The van der Waals surface area contributed by atoms with Crippen molar-refractivity contribution >= 4 is 22.5 Å². The molecule has 1 aliphatic heterocycles. The lowest BCUT2D eigenvalue weighted by atomic mass is 10.2. The summed E-state index contributed by atoms with van der Waals surface area (Å²) in [7, 11) is 2.12. The SMILES string of the molecule is Cc1csc(N2CCN(C(=O)NCCCN(C)Cc3ccccc3)CC2)n1. The highest BCUT2D eigenvalue weighted by Crippen LogP contribution is 2.21. The van der Waals surface area contributed by atoms with Crippen molar-refractivity contribution in [1.82, 2.24) is 20.1 Å². The molecule has 2 aromatic rings. The number of amides is 2. The molecule has 7 heteroatoms. The molecular formula is C20H29N5OS. The zero-order chi connectivity index (χ0) is 19.1. The second kappa shape index (κ2) is 9.71. The number of hydrogen-bond donors (Lipinski definition) is 1. The van der Waals surface area contributed by atoms with Gasteiger partial charge in [0.05, 0.1) is 5.69 Å². The van der Waals surface area contributed by atoms with Crippen LogP contribution in [0.1, 0.15) is 17.7 Å². The minimum atomic E-state index is 0.0516. The van der Waals surface area contributed by atoms with Crippen molar-refractivity contribution in [2.75, 3.05) is 51.2 Å². The van der Waals surface area contributed by atoms with Gasteiger partial charge >= 0.3 is 6.03 Å².